The highest BCUT2D eigenvalue weighted by atomic mass is 79.9. The van der Waals surface area contributed by atoms with Crippen molar-refractivity contribution in [3.05, 3.63) is 28.2 Å². The summed E-state index contributed by atoms with van der Waals surface area (Å²) in [5.41, 5.74) is 6.52. The van der Waals surface area contributed by atoms with Crippen LogP contribution in [0.15, 0.2) is 22.7 Å². The van der Waals surface area contributed by atoms with E-state index in [-0.39, 0.29) is 4.99 Å². The van der Waals surface area contributed by atoms with Crippen LogP contribution >= 0.6 is 28.1 Å². The van der Waals surface area contributed by atoms with Crippen molar-refractivity contribution in [2.24, 2.45) is 5.73 Å². The number of halogens is 1. The van der Waals surface area contributed by atoms with Gasteiger partial charge in [0.2, 0.25) is 0 Å². The predicted molar refractivity (Wildman–Crippen MR) is 83.4 cm³/mol. The normalized spacial score (nSPS) is 16.5. The van der Waals surface area contributed by atoms with E-state index in [0.29, 0.717) is 24.3 Å². The number of hydrogen-bond donors (Lipinski definition) is 2. The van der Waals surface area contributed by atoms with Crippen LogP contribution in [0, 0.1) is 0 Å². The fourth-order valence-corrected chi connectivity index (χ4v) is 3.80. The van der Waals surface area contributed by atoms with Gasteiger partial charge < -0.3 is 5.73 Å². The minimum atomic E-state index is -3.54. The third-order valence-electron chi connectivity index (χ3n) is 2.89. The maximum atomic E-state index is 12.2. The van der Waals surface area contributed by atoms with Crippen molar-refractivity contribution in [1.29, 1.82) is 0 Å². The number of nitrogens with zero attached hydrogens (tertiary/aromatic N) is 1. The van der Waals surface area contributed by atoms with Crippen molar-refractivity contribution in [1.82, 2.24) is 4.31 Å². The average Bonchev–Trinajstić information content (AvgIpc) is 2.81. The van der Waals surface area contributed by atoms with E-state index < -0.39 is 10.2 Å². The second-order valence-corrected chi connectivity index (χ2v) is 7.29. The zero-order chi connectivity index (χ0) is 14.0. The van der Waals surface area contributed by atoms with Gasteiger partial charge in [0, 0.05) is 23.1 Å². The summed E-state index contributed by atoms with van der Waals surface area (Å²) in [5.74, 6) is 0. The number of nitrogens with two attached hydrogens (primary N) is 1. The Balaban J connectivity index is 2.32. The summed E-state index contributed by atoms with van der Waals surface area (Å²) in [4.78, 5) is 0.159. The molecule has 2 rings (SSSR count). The predicted octanol–water partition coefficient (Wildman–Crippen LogP) is 1.84. The quantitative estimate of drug-likeness (QED) is 0.800. The molecular weight excluding hydrogens is 350 g/mol. The Hall–Kier alpha value is -0.700. The molecule has 104 valence electrons. The van der Waals surface area contributed by atoms with Crippen molar-refractivity contribution < 1.29 is 8.42 Å². The van der Waals surface area contributed by atoms with Crippen LogP contribution in [-0.4, -0.2) is 30.8 Å². The number of thiocarbonyl (C=S) groups is 1. The minimum absolute atomic E-state index is 0.159. The highest BCUT2D eigenvalue weighted by Crippen LogP contribution is 2.24. The van der Waals surface area contributed by atoms with Crippen LogP contribution in [0.3, 0.4) is 0 Å². The van der Waals surface area contributed by atoms with Crippen LogP contribution in [0.2, 0.25) is 0 Å². The van der Waals surface area contributed by atoms with E-state index in [1.54, 1.807) is 18.2 Å². The van der Waals surface area contributed by atoms with Crippen LogP contribution in [0.4, 0.5) is 5.69 Å². The van der Waals surface area contributed by atoms with E-state index in [2.05, 4.69) is 20.7 Å². The van der Waals surface area contributed by atoms with Crippen LogP contribution in [0.1, 0.15) is 18.4 Å². The second kappa shape index (κ2) is 5.74. The van der Waals surface area contributed by atoms with Crippen LogP contribution < -0.4 is 10.5 Å². The maximum Gasteiger partial charge on any atom is 0.301 e. The summed E-state index contributed by atoms with van der Waals surface area (Å²) in [6.45, 7) is 1.09. The first-order valence-corrected chi connectivity index (χ1v) is 8.41. The lowest BCUT2D eigenvalue weighted by Crippen LogP contribution is -2.34. The van der Waals surface area contributed by atoms with Crippen molar-refractivity contribution >= 4 is 49.0 Å². The van der Waals surface area contributed by atoms with E-state index in [1.807, 2.05) is 0 Å². The molecule has 0 amide bonds. The molecule has 0 unspecified atom stereocenters. The number of anilines is 1. The van der Waals surface area contributed by atoms with Crippen molar-refractivity contribution in [3.63, 3.8) is 0 Å². The van der Waals surface area contributed by atoms with Gasteiger partial charge in [-0.2, -0.15) is 12.7 Å². The van der Waals surface area contributed by atoms with Crippen molar-refractivity contribution in [3.8, 4) is 0 Å². The summed E-state index contributed by atoms with van der Waals surface area (Å²) in [7, 11) is -3.54. The molecule has 1 fully saturated rings. The van der Waals surface area contributed by atoms with Crippen molar-refractivity contribution in [2.45, 2.75) is 12.8 Å². The summed E-state index contributed by atoms with van der Waals surface area (Å²) >= 11 is 8.23. The fourth-order valence-electron chi connectivity index (χ4n) is 1.95. The summed E-state index contributed by atoms with van der Waals surface area (Å²) < 4.78 is 29.1. The smallest absolute Gasteiger partial charge is 0.301 e. The third-order valence-corrected chi connectivity index (χ3v) is 5.13. The minimum Gasteiger partial charge on any atom is -0.389 e. The fraction of sp³-hybridized carbons (Fsp3) is 0.364. The lowest BCUT2D eigenvalue weighted by molar-refractivity contribution is 0.482. The molecule has 0 atom stereocenters. The van der Waals surface area contributed by atoms with E-state index in [9.17, 15) is 8.42 Å². The molecule has 1 heterocycles. The largest absolute Gasteiger partial charge is 0.389 e. The van der Waals surface area contributed by atoms with E-state index in [4.69, 9.17) is 18.0 Å². The first-order valence-electron chi connectivity index (χ1n) is 5.77. The average molecular weight is 364 g/mol. The van der Waals surface area contributed by atoms with Gasteiger partial charge in [-0.15, -0.1) is 0 Å². The molecule has 0 saturated carbocycles. The Bertz CT molecular complexity index is 598. The molecule has 1 saturated heterocycles. The molecule has 1 aromatic carbocycles. The van der Waals surface area contributed by atoms with E-state index >= 15 is 0 Å². The zero-order valence-corrected chi connectivity index (χ0v) is 13.3. The molecule has 1 aliphatic heterocycles. The lowest BCUT2D eigenvalue weighted by atomic mass is 10.2. The molecule has 0 radical (unpaired) electrons. The second-order valence-electron chi connectivity index (χ2n) is 4.27. The molecule has 1 aromatic rings. The Morgan fingerprint density at radius 1 is 1.37 bits per heavy atom. The number of benzene rings is 1. The molecule has 0 spiro atoms. The van der Waals surface area contributed by atoms with Crippen LogP contribution in [0.25, 0.3) is 0 Å². The molecule has 3 N–H and O–H groups in total. The first kappa shape index (κ1) is 14.7. The van der Waals surface area contributed by atoms with Crippen LogP contribution in [0.5, 0.6) is 0 Å². The summed E-state index contributed by atoms with van der Waals surface area (Å²) in [6, 6.07) is 5.11. The van der Waals surface area contributed by atoms with Gasteiger partial charge in [0.25, 0.3) is 0 Å². The monoisotopic (exact) mass is 363 g/mol. The molecule has 0 aliphatic carbocycles. The van der Waals surface area contributed by atoms with Gasteiger partial charge in [0.1, 0.15) is 4.99 Å². The standard InChI is InChI=1S/C11H14BrN3O2S2/c12-8-3-4-9(11(13)18)10(7-8)14-19(16,17)15-5-1-2-6-15/h3-4,7,14H,1-2,5-6H2,(H2,13,18). The Morgan fingerprint density at radius 2 is 2.00 bits per heavy atom. The zero-order valence-electron chi connectivity index (χ0n) is 10.1. The van der Waals surface area contributed by atoms with Gasteiger partial charge in [0.15, 0.2) is 0 Å². The van der Waals surface area contributed by atoms with E-state index in [1.165, 1.54) is 4.31 Å². The Kier molecular flexibility index (Phi) is 4.44. The SMILES string of the molecule is NC(=S)c1ccc(Br)cc1NS(=O)(=O)N1CCCC1. The summed E-state index contributed by atoms with van der Waals surface area (Å²) in [5, 5.41) is 0. The van der Waals surface area contributed by atoms with Crippen molar-refractivity contribution in [2.75, 3.05) is 17.8 Å². The molecular formula is C11H14BrN3O2S2. The highest BCUT2D eigenvalue weighted by Gasteiger charge is 2.26. The van der Waals surface area contributed by atoms with Gasteiger partial charge in [-0.1, -0.05) is 28.1 Å². The highest BCUT2D eigenvalue weighted by molar-refractivity contribution is 9.10. The van der Waals surface area contributed by atoms with E-state index in [0.717, 1.165) is 17.3 Å². The number of hydrogen-bond acceptors (Lipinski definition) is 3. The van der Waals surface area contributed by atoms with Gasteiger partial charge >= 0.3 is 10.2 Å². The Labute approximate surface area is 126 Å². The molecule has 19 heavy (non-hydrogen) atoms. The summed E-state index contributed by atoms with van der Waals surface area (Å²) in [6.07, 6.45) is 1.78. The first-order chi connectivity index (χ1) is 8.90. The Morgan fingerprint density at radius 3 is 2.58 bits per heavy atom. The number of nitrogens with one attached hydrogen (secondary N) is 1. The molecule has 0 bridgehead atoms. The van der Waals surface area contributed by atoms with Crippen LogP contribution in [-0.2, 0) is 10.2 Å². The van der Waals surface area contributed by atoms with Gasteiger partial charge in [-0.25, -0.2) is 0 Å². The number of rotatable bonds is 4. The maximum absolute atomic E-state index is 12.2. The van der Waals surface area contributed by atoms with Gasteiger partial charge in [0.05, 0.1) is 5.69 Å². The molecule has 1 aliphatic rings. The molecule has 0 aromatic heterocycles. The van der Waals surface area contributed by atoms with Gasteiger partial charge in [-0.05, 0) is 31.0 Å². The van der Waals surface area contributed by atoms with Gasteiger partial charge in [-0.3, -0.25) is 4.72 Å². The molecule has 5 nitrogen and oxygen atoms in total. The molecule has 8 heteroatoms. The topological polar surface area (TPSA) is 75.4 Å². The lowest BCUT2D eigenvalue weighted by Gasteiger charge is -2.18. The third kappa shape index (κ3) is 3.44.